The molecule has 0 amide bonds. The van der Waals surface area contributed by atoms with E-state index >= 15 is 0 Å². The van der Waals surface area contributed by atoms with Crippen molar-refractivity contribution in [2.24, 2.45) is 11.7 Å². The molecule has 1 unspecified atom stereocenters. The van der Waals surface area contributed by atoms with Crippen LogP contribution in [0, 0.1) is 5.92 Å². The molecule has 15 heavy (non-hydrogen) atoms. The summed E-state index contributed by atoms with van der Waals surface area (Å²) in [6.07, 6.45) is 4.94. The molecule has 4 heteroatoms. The fraction of sp³-hybridized carbons (Fsp3) is 0.636. The van der Waals surface area contributed by atoms with Gasteiger partial charge in [-0.3, -0.25) is 4.79 Å². The zero-order valence-electron chi connectivity index (χ0n) is 9.44. The number of hydrogen-bond acceptors (Lipinski definition) is 3. The van der Waals surface area contributed by atoms with Gasteiger partial charge in [-0.05, 0) is 19.4 Å². The van der Waals surface area contributed by atoms with Crippen LogP contribution in [0.4, 0.5) is 0 Å². The van der Waals surface area contributed by atoms with Crippen LogP contribution in [0.3, 0.4) is 0 Å². The molecule has 1 atom stereocenters. The number of rotatable bonds is 6. The van der Waals surface area contributed by atoms with Crippen molar-refractivity contribution >= 4 is 5.78 Å². The van der Waals surface area contributed by atoms with Gasteiger partial charge < -0.3 is 10.3 Å². The molecule has 1 aromatic heterocycles. The minimum atomic E-state index is 0.0964. The first-order valence-corrected chi connectivity index (χ1v) is 5.47. The van der Waals surface area contributed by atoms with E-state index in [9.17, 15) is 4.79 Å². The summed E-state index contributed by atoms with van der Waals surface area (Å²) in [5, 5.41) is 0. The average molecular weight is 209 g/mol. The molecule has 0 saturated heterocycles. The van der Waals surface area contributed by atoms with Gasteiger partial charge in [0.1, 0.15) is 0 Å². The molecule has 0 saturated carbocycles. The molecule has 84 valence electrons. The standard InChI is InChI=1S/C11H19N3O/c1-3-9(8-12)7-10(15)11-13-5-6-14(11)4-2/h5-6,9H,3-4,7-8,12H2,1-2H3. The summed E-state index contributed by atoms with van der Waals surface area (Å²) in [6, 6.07) is 0. The van der Waals surface area contributed by atoms with Crippen LogP contribution >= 0.6 is 0 Å². The summed E-state index contributed by atoms with van der Waals surface area (Å²) < 4.78 is 1.87. The van der Waals surface area contributed by atoms with Crippen molar-refractivity contribution < 1.29 is 4.79 Å². The number of hydrogen-bond donors (Lipinski definition) is 1. The van der Waals surface area contributed by atoms with Crippen molar-refractivity contribution in [3.8, 4) is 0 Å². The van der Waals surface area contributed by atoms with Crippen molar-refractivity contribution in [3.63, 3.8) is 0 Å². The number of aryl methyl sites for hydroxylation is 1. The van der Waals surface area contributed by atoms with Crippen molar-refractivity contribution in [1.29, 1.82) is 0 Å². The predicted molar refractivity (Wildman–Crippen MR) is 59.7 cm³/mol. The molecule has 0 radical (unpaired) electrons. The fourth-order valence-electron chi connectivity index (χ4n) is 1.56. The Morgan fingerprint density at radius 2 is 2.33 bits per heavy atom. The van der Waals surface area contributed by atoms with Crippen LogP contribution < -0.4 is 5.73 Å². The Morgan fingerprint density at radius 3 is 2.87 bits per heavy atom. The monoisotopic (exact) mass is 209 g/mol. The summed E-state index contributed by atoms with van der Waals surface area (Å²) >= 11 is 0. The number of imidazole rings is 1. The third kappa shape index (κ3) is 2.89. The van der Waals surface area contributed by atoms with Crippen LogP contribution in [0.2, 0.25) is 0 Å². The molecule has 1 rings (SSSR count). The molecule has 0 fully saturated rings. The second-order valence-corrected chi connectivity index (χ2v) is 3.67. The maximum Gasteiger partial charge on any atom is 0.198 e. The van der Waals surface area contributed by atoms with Crippen LogP contribution in [0.1, 0.15) is 37.3 Å². The molecule has 1 aromatic rings. The highest BCUT2D eigenvalue weighted by Gasteiger charge is 2.16. The van der Waals surface area contributed by atoms with Gasteiger partial charge in [-0.2, -0.15) is 0 Å². The van der Waals surface area contributed by atoms with Gasteiger partial charge in [-0.1, -0.05) is 13.3 Å². The van der Waals surface area contributed by atoms with Crippen LogP contribution in [0.5, 0.6) is 0 Å². The zero-order chi connectivity index (χ0) is 11.3. The van der Waals surface area contributed by atoms with Gasteiger partial charge in [0.25, 0.3) is 0 Å². The van der Waals surface area contributed by atoms with Gasteiger partial charge in [-0.15, -0.1) is 0 Å². The molecule has 0 aromatic carbocycles. The molecule has 0 aliphatic rings. The van der Waals surface area contributed by atoms with Crippen LogP contribution in [-0.4, -0.2) is 21.9 Å². The smallest absolute Gasteiger partial charge is 0.198 e. The Bertz CT molecular complexity index is 315. The lowest BCUT2D eigenvalue weighted by Gasteiger charge is -2.10. The third-order valence-corrected chi connectivity index (χ3v) is 2.69. The third-order valence-electron chi connectivity index (χ3n) is 2.69. The molecule has 2 N–H and O–H groups in total. The number of carbonyl (C=O) groups is 1. The minimum Gasteiger partial charge on any atom is -0.330 e. The average Bonchev–Trinajstić information content (AvgIpc) is 2.73. The molecule has 4 nitrogen and oxygen atoms in total. The zero-order valence-corrected chi connectivity index (χ0v) is 9.44. The Morgan fingerprint density at radius 1 is 1.60 bits per heavy atom. The Kier molecular flexibility index (Phi) is 4.49. The first-order chi connectivity index (χ1) is 7.22. The molecule has 1 heterocycles. The van der Waals surface area contributed by atoms with Gasteiger partial charge in [0, 0.05) is 25.4 Å². The second-order valence-electron chi connectivity index (χ2n) is 3.67. The normalized spacial score (nSPS) is 12.7. The van der Waals surface area contributed by atoms with E-state index < -0.39 is 0 Å². The predicted octanol–water partition coefficient (Wildman–Crippen LogP) is 1.46. The van der Waals surface area contributed by atoms with Gasteiger partial charge in [-0.25, -0.2) is 4.98 Å². The quantitative estimate of drug-likeness (QED) is 0.721. The van der Waals surface area contributed by atoms with Crippen molar-refractivity contribution in [2.45, 2.75) is 33.2 Å². The lowest BCUT2D eigenvalue weighted by atomic mass is 9.99. The second kappa shape index (κ2) is 5.66. The molecular weight excluding hydrogens is 190 g/mol. The summed E-state index contributed by atoms with van der Waals surface area (Å²) in [4.78, 5) is 16.0. The highest BCUT2D eigenvalue weighted by molar-refractivity contribution is 5.92. The van der Waals surface area contributed by atoms with E-state index in [4.69, 9.17) is 5.73 Å². The molecule has 0 aliphatic heterocycles. The van der Waals surface area contributed by atoms with Gasteiger partial charge in [0.05, 0.1) is 0 Å². The van der Waals surface area contributed by atoms with Crippen LogP contribution in [0.15, 0.2) is 12.4 Å². The van der Waals surface area contributed by atoms with Gasteiger partial charge in [0.15, 0.2) is 11.6 Å². The van der Waals surface area contributed by atoms with E-state index in [2.05, 4.69) is 11.9 Å². The summed E-state index contributed by atoms with van der Waals surface area (Å²) in [6.45, 7) is 5.39. The molecule has 0 bridgehead atoms. The van der Waals surface area contributed by atoms with E-state index in [0.29, 0.717) is 18.8 Å². The largest absolute Gasteiger partial charge is 0.330 e. The number of carbonyl (C=O) groups excluding carboxylic acids is 1. The molecule has 0 spiro atoms. The Labute approximate surface area is 90.5 Å². The number of Topliss-reactive ketones (excluding diaryl/α,β-unsaturated/α-hetero) is 1. The SMILES string of the molecule is CCC(CN)CC(=O)c1nccn1CC. The number of ketones is 1. The Hall–Kier alpha value is -1.16. The van der Waals surface area contributed by atoms with E-state index in [1.165, 1.54) is 0 Å². The number of aromatic nitrogens is 2. The van der Waals surface area contributed by atoms with E-state index in [1.807, 2.05) is 17.7 Å². The molecular formula is C11H19N3O. The van der Waals surface area contributed by atoms with E-state index in [0.717, 1.165) is 13.0 Å². The lowest BCUT2D eigenvalue weighted by molar-refractivity contribution is 0.0947. The highest BCUT2D eigenvalue weighted by atomic mass is 16.1. The van der Waals surface area contributed by atoms with Crippen molar-refractivity contribution in [1.82, 2.24) is 9.55 Å². The Balaban J connectivity index is 2.68. The minimum absolute atomic E-state index is 0.0964. The molecule has 0 aliphatic carbocycles. The van der Waals surface area contributed by atoms with Gasteiger partial charge in [0.2, 0.25) is 0 Å². The van der Waals surface area contributed by atoms with Crippen LogP contribution in [0.25, 0.3) is 0 Å². The number of nitrogens with two attached hydrogens (primary N) is 1. The van der Waals surface area contributed by atoms with E-state index in [1.54, 1.807) is 6.20 Å². The van der Waals surface area contributed by atoms with Gasteiger partial charge >= 0.3 is 0 Å². The topological polar surface area (TPSA) is 60.9 Å². The fourth-order valence-corrected chi connectivity index (χ4v) is 1.56. The van der Waals surface area contributed by atoms with Crippen molar-refractivity contribution in [3.05, 3.63) is 18.2 Å². The maximum atomic E-state index is 11.9. The maximum absolute atomic E-state index is 11.9. The number of nitrogens with zero attached hydrogens (tertiary/aromatic N) is 2. The first-order valence-electron chi connectivity index (χ1n) is 5.47. The van der Waals surface area contributed by atoms with Crippen LogP contribution in [-0.2, 0) is 6.54 Å². The van der Waals surface area contributed by atoms with Crippen molar-refractivity contribution in [2.75, 3.05) is 6.54 Å². The van der Waals surface area contributed by atoms with E-state index in [-0.39, 0.29) is 11.7 Å². The summed E-state index contributed by atoms with van der Waals surface area (Å²) in [5.41, 5.74) is 5.58. The summed E-state index contributed by atoms with van der Waals surface area (Å²) in [5.74, 6) is 0.933. The first kappa shape index (κ1) is 11.9. The summed E-state index contributed by atoms with van der Waals surface area (Å²) in [7, 11) is 0. The highest BCUT2D eigenvalue weighted by Crippen LogP contribution is 2.11. The lowest BCUT2D eigenvalue weighted by Crippen LogP contribution is -2.19.